The zero-order valence-electron chi connectivity index (χ0n) is 11.2. The molecule has 1 heterocycles. The third kappa shape index (κ3) is 5.73. The number of carbonyl (C=O) groups is 1. The summed E-state index contributed by atoms with van der Waals surface area (Å²) in [5.41, 5.74) is 0. The first-order chi connectivity index (χ1) is 9.74. The van der Waals surface area contributed by atoms with Crippen LogP contribution < -0.4 is 15.4 Å². The lowest BCUT2D eigenvalue weighted by Crippen LogP contribution is -2.41. The molecule has 6 heteroatoms. The van der Waals surface area contributed by atoms with Crippen molar-refractivity contribution in [1.29, 1.82) is 0 Å². The van der Waals surface area contributed by atoms with Crippen LogP contribution in [0, 0.1) is 0 Å². The Labute approximate surface area is 132 Å². The molecule has 2 rings (SSSR count). The van der Waals surface area contributed by atoms with Crippen molar-refractivity contribution in [2.24, 2.45) is 0 Å². The number of amides is 1. The summed E-state index contributed by atoms with van der Waals surface area (Å²) in [5.74, 6) is 3.05. The lowest BCUT2D eigenvalue weighted by Gasteiger charge is -2.22. The Morgan fingerprint density at radius 3 is 2.95 bits per heavy atom. The van der Waals surface area contributed by atoms with E-state index in [1.54, 1.807) is 0 Å². The fraction of sp³-hybridized carbons (Fsp3) is 0.500. The lowest BCUT2D eigenvalue weighted by atomic mass is 10.2. The third-order valence-corrected chi connectivity index (χ3v) is 4.60. The van der Waals surface area contributed by atoms with Crippen LogP contribution >= 0.6 is 27.7 Å². The molecule has 0 radical (unpaired) electrons. The van der Waals surface area contributed by atoms with Crippen LogP contribution in [-0.4, -0.2) is 43.2 Å². The van der Waals surface area contributed by atoms with Crippen molar-refractivity contribution >= 4 is 33.6 Å². The quantitative estimate of drug-likeness (QED) is 0.764. The number of rotatable bonds is 6. The van der Waals surface area contributed by atoms with Crippen LogP contribution in [0.15, 0.2) is 28.7 Å². The summed E-state index contributed by atoms with van der Waals surface area (Å²) in [7, 11) is 0. The highest BCUT2D eigenvalue weighted by atomic mass is 79.9. The summed E-state index contributed by atoms with van der Waals surface area (Å²) in [5, 5.41) is 6.24. The Hall–Kier alpha value is -0.720. The van der Waals surface area contributed by atoms with E-state index in [-0.39, 0.29) is 5.91 Å². The molecule has 1 fully saturated rings. The molecule has 110 valence electrons. The Morgan fingerprint density at radius 1 is 1.45 bits per heavy atom. The van der Waals surface area contributed by atoms with Crippen molar-refractivity contribution in [3.05, 3.63) is 28.7 Å². The highest BCUT2D eigenvalue weighted by Gasteiger charge is 2.16. The van der Waals surface area contributed by atoms with E-state index in [0.717, 1.165) is 28.3 Å². The molecule has 0 spiro atoms. The van der Waals surface area contributed by atoms with Gasteiger partial charge in [-0.2, -0.15) is 11.8 Å². The van der Waals surface area contributed by atoms with Crippen LogP contribution in [-0.2, 0) is 4.79 Å². The monoisotopic (exact) mass is 358 g/mol. The number of hydrogen-bond acceptors (Lipinski definition) is 4. The second kappa shape index (κ2) is 8.54. The maximum absolute atomic E-state index is 11.7. The molecular formula is C14H19BrN2O2S. The van der Waals surface area contributed by atoms with Crippen LogP contribution in [0.3, 0.4) is 0 Å². The summed E-state index contributed by atoms with van der Waals surface area (Å²) in [6.45, 7) is 2.02. The number of nitrogens with one attached hydrogen (secondary N) is 2. The second-order valence-electron chi connectivity index (χ2n) is 4.58. The number of ether oxygens (including phenoxy) is 1. The molecule has 20 heavy (non-hydrogen) atoms. The summed E-state index contributed by atoms with van der Waals surface area (Å²) in [6, 6.07) is 7.96. The Bertz CT molecular complexity index is 422. The van der Waals surface area contributed by atoms with Crippen LogP contribution in [0.25, 0.3) is 0 Å². The van der Waals surface area contributed by atoms with Gasteiger partial charge in [0.15, 0.2) is 0 Å². The second-order valence-corrected chi connectivity index (χ2v) is 6.65. The van der Waals surface area contributed by atoms with Crippen LogP contribution in [0.4, 0.5) is 0 Å². The predicted molar refractivity (Wildman–Crippen MR) is 86.4 cm³/mol. The fourth-order valence-electron chi connectivity index (χ4n) is 1.94. The molecule has 4 nitrogen and oxygen atoms in total. The van der Waals surface area contributed by atoms with Gasteiger partial charge < -0.3 is 15.4 Å². The largest absolute Gasteiger partial charge is 0.492 e. The van der Waals surface area contributed by atoms with Gasteiger partial charge in [-0.15, -0.1) is 0 Å². The minimum absolute atomic E-state index is 0.0874. The van der Waals surface area contributed by atoms with E-state index in [0.29, 0.717) is 25.6 Å². The highest BCUT2D eigenvalue weighted by molar-refractivity contribution is 9.10. The minimum Gasteiger partial charge on any atom is -0.492 e. The smallest absolute Gasteiger partial charge is 0.221 e. The first-order valence-corrected chi connectivity index (χ1v) is 8.65. The van der Waals surface area contributed by atoms with Crippen molar-refractivity contribution in [1.82, 2.24) is 10.6 Å². The normalized spacial score (nSPS) is 18.6. The molecular weight excluding hydrogens is 340 g/mol. The summed E-state index contributed by atoms with van der Waals surface area (Å²) >= 11 is 5.27. The fourth-order valence-corrected chi connectivity index (χ4v) is 3.15. The molecule has 1 aromatic rings. The summed E-state index contributed by atoms with van der Waals surface area (Å²) in [6.07, 6.45) is 0.547. The van der Waals surface area contributed by atoms with Gasteiger partial charge in [-0.05, 0) is 24.3 Å². The topological polar surface area (TPSA) is 50.4 Å². The third-order valence-electron chi connectivity index (χ3n) is 2.94. The molecule has 1 atom stereocenters. The SMILES string of the molecule is O=C(CC1CSCCN1)NCCOc1ccc(Br)cc1. The van der Waals surface area contributed by atoms with Crippen LogP contribution in [0.2, 0.25) is 0 Å². The molecule has 1 amide bonds. The van der Waals surface area contributed by atoms with Gasteiger partial charge in [0.1, 0.15) is 12.4 Å². The maximum atomic E-state index is 11.7. The first kappa shape index (κ1) is 15.7. The van der Waals surface area contributed by atoms with Crippen molar-refractivity contribution in [3.63, 3.8) is 0 Å². The standard InChI is InChI=1S/C14H19BrN2O2S/c15-11-1-3-13(4-2-11)19-7-5-17-14(18)9-12-10-20-8-6-16-12/h1-4,12,16H,5-10H2,(H,17,18). The molecule has 1 aromatic carbocycles. The van der Waals surface area contributed by atoms with Gasteiger partial charge in [0, 0.05) is 35.0 Å². The Kier molecular flexibility index (Phi) is 6.69. The highest BCUT2D eigenvalue weighted by Crippen LogP contribution is 2.15. The molecule has 1 saturated heterocycles. The first-order valence-electron chi connectivity index (χ1n) is 6.70. The van der Waals surface area contributed by atoms with Gasteiger partial charge in [0.25, 0.3) is 0 Å². The minimum atomic E-state index is 0.0874. The maximum Gasteiger partial charge on any atom is 0.221 e. The van der Waals surface area contributed by atoms with E-state index in [4.69, 9.17) is 4.74 Å². The van der Waals surface area contributed by atoms with E-state index in [1.165, 1.54) is 0 Å². The van der Waals surface area contributed by atoms with Crippen LogP contribution in [0.1, 0.15) is 6.42 Å². The van der Waals surface area contributed by atoms with Crippen molar-refractivity contribution < 1.29 is 9.53 Å². The van der Waals surface area contributed by atoms with E-state index in [2.05, 4.69) is 26.6 Å². The van der Waals surface area contributed by atoms with Gasteiger partial charge >= 0.3 is 0 Å². The van der Waals surface area contributed by atoms with Crippen molar-refractivity contribution in [2.45, 2.75) is 12.5 Å². The average molecular weight is 359 g/mol. The molecule has 1 aliphatic rings. The Balaban J connectivity index is 1.58. The lowest BCUT2D eigenvalue weighted by molar-refractivity contribution is -0.121. The van der Waals surface area contributed by atoms with E-state index in [9.17, 15) is 4.79 Å². The molecule has 0 aliphatic carbocycles. The summed E-state index contributed by atoms with van der Waals surface area (Å²) in [4.78, 5) is 11.7. The number of carbonyl (C=O) groups excluding carboxylic acids is 1. The Morgan fingerprint density at radius 2 is 2.25 bits per heavy atom. The number of benzene rings is 1. The molecule has 2 N–H and O–H groups in total. The van der Waals surface area contributed by atoms with Gasteiger partial charge in [-0.1, -0.05) is 15.9 Å². The van der Waals surface area contributed by atoms with Gasteiger partial charge in [-0.25, -0.2) is 0 Å². The van der Waals surface area contributed by atoms with Crippen LogP contribution in [0.5, 0.6) is 5.75 Å². The number of halogens is 1. The number of hydrogen-bond donors (Lipinski definition) is 2. The van der Waals surface area contributed by atoms with Gasteiger partial charge in [0.05, 0.1) is 6.54 Å². The number of thioether (sulfide) groups is 1. The summed E-state index contributed by atoms with van der Waals surface area (Å²) < 4.78 is 6.57. The molecule has 1 aliphatic heterocycles. The molecule has 0 aromatic heterocycles. The zero-order chi connectivity index (χ0) is 14.2. The van der Waals surface area contributed by atoms with E-state index >= 15 is 0 Å². The molecule has 1 unspecified atom stereocenters. The predicted octanol–water partition coefficient (Wildman–Crippen LogP) is 2.04. The average Bonchev–Trinajstić information content (AvgIpc) is 2.46. The molecule has 0 bridgehead atoms. The zero-order valence-corrected chi connectivity index (χ0v) is 13.6. The molecule has 0 saturated carbocycles. The van der Waals surface area contributed by atoms with Gasteiger partial charge in [-0.3, -0.25) is 4.79 Å². The van der Waals surface area contributed by atoms with Crippen molar-refractivity contribution in [3.8, 4) is 5.75 Å². The van der Waals surface area contributed by atoms with E-state index in [1.807, 2.05) is 36.0 Å². The van der Waals surface area contributed by atoms with Crippen molar-refractivity contribution in [2.75, 3.05) is 31.2 Å². The van der Waals surface area contributed by atoms with Gasteiger partial charge in [0.2, 0.25) is 5.91 Å². The van der Waals surface area contributed by atoms with E-state index < -0.39 is 0 Å².